The van der Waals surface area contributed by atoms with Gasteiger partial charge in [-0.1, -0.05) is 12.1 Å². The Bertz CT molecular complexity index is 686. The molecule has 1 aliphatic heterocycles. The van der Waals surface area contributed by atoms with Crippen molar-refractivity contribution in [3.8, 4) is 5.75 Å². The van der Waals surface area contributed by atoms with Crippen LogP contribution in [0, 0.1) is 5.92 Å². The summed E-state index contributed by atoms with van der Waals surface area (Å²) >= 11 is 5.68. The fourth-order valence-corrected chi connectivity index (χ4v) is 3.02. The molecule has 1 amide bonds. The number of carbonyl (C=O) groups excluding carboxylic acids is 1. The van der Waals surface area contributed by atoms with E-state index in [1.807, 2.05) is 18.2 Å². The van der Waals surface area contributed by atoms with E-state index in [0.717, 1.165) is 30.9 Å². The van der Waals surface area contributed by atoms with Crippen LogP contribution in [0.4, 0.5) is 5.69 Å². The van der Waals surface area contributed by atoms with Gasteiger partial charge in [-0.2, -0.15) is 0 Å². The van der Waals surface area contributed by atoms with Crippen LogP contribution in [0.1, 0.15) is 17.0 Å². The molecule has 2 heterocycles. The van der Waals surface area contributed by atoms with E-state index in [1.165, 1.54) is 0 Å². The fourth-order valence-electron chi connectivity index (χ4n) is 2.87. The maximum absolute atomic E-state index is 12.0. The number of carbonyl (C=O) groups is 1. The van der Waals surface area contributed by atoms with Crippen molar-refractivity contribution in [2.45, 2.75) is 6.42 Å². The Kier molecular flexibility index (Phi) is 4.76. The van der Waals surface area contributed by atoms with Gasteiger partial charge in [0.15, 0.2) is 11.0 Å². The molecular weight excluding hydrogens is 316 g/mol. The molecule has 0 spiro atoms. The van der Waals surface area contributed by atoms with Gasteiger partial charge in [-0.25, -0.2) is 0 Å². The molecule has 2 aromatic rings. The molecule has 1 aliphatic rings. The molecule has 1 aromatic carbocycles. The van der Waals surface area contributed by atoms with Crippen LogP contribution in [0.2, 0.25) is 5.22 Å². The zero-order chi connectivity index (χ0) is 16.2. The van der Waals surface area contributed by atoms with Crippen LogP contribution in [0.15, 0.2) is 40.8 Å². The Morgan fingerprint density at radius 3 is 2.96 bits per heavy atom. The van der Waals surface area contributed by atoms with Gasteiger partial charge in [-0.15, -0.1) is 0 Å². The van der Waals surface area contributed by atoms with Gasteiger partial charge in [0.25, 0.3) is 5.91 Å². The van der Waals surface area contributed by atoms with Crippen LogP contribution in [0.5, 0.6) is 5.75 Å². The molecule has 0 radical (unpaired) electrons. The number of furan rings is 1. The minimum absolute atomic E-state index is 0.221. The number of nitrogens with zero attached hydrogens (tertiary/aromatic N) is 1. The number of hydrogen-bond donors (Lipinski definition) is 1. The van der Waals surface area contributed by atoms with E-state index >= 15 is 0 Å². The first-order valence-corrected chi connectivity index (χ1v) is 7.96. The highest BCUT2D eigenvalue weighted by atomic mass is 35.5. The van der Waals surface area contributed by atoms with Crippen molar-refractivity contribution in [3.63, 3.8) is 0 Å². The van der Waals surface area contributed by atoms with Crippen molar-refractivity contribution < 1.29 is 13.9 Å². The lowest BCUT2D eigenvalue weighted by atomic mass is 10.1. The lowest BCUT2D eigenvalue weighted by Gasteiger charge is -2.21. The van der Waals surface area contributed by atoms with E-state index in [9.17, 15) is 4.79 Å². The first kappa shape index (κ1) is 15.7. The Balaban J connectivity index is 1.55. The van der Waals surface area contributed by atoms with Crippen molar-refractivity contribution in [1.82, 2.24) is 5.32 Å². The zero-order valence-electron chi connectivity index (χ0n) is 12.9. The van der Waals surface area contributed by atoms with Gasteiger partial charge in [0, 0.05) is 19.6 Å². The van der Waals surface area contributed by atoms with Gasteiger partial charge in [0.1, 0.15) is 5.75 Å². The Morgan fingerprint density at radius 1 is 1.39 bits per heavy atom. The molecule has 1 fully saturated rings. The van der Waals surface area contributed by atoms with E-state index < -0.39 is 0 Å². The molecule has 1 atom stereocenters. The van der Waals surface area contributed by atoms with E-state index in [2.05, 4.69) is 16.3 Å². The number of halogens is 1. The second-order valence-corrected chi connectivity index (χ2v) is 5.96. The summed E-state index contributed by atoms with van der Waals surface area (Å²) < 4.78 is 10.5. The third kappa shape index (κ3) is 3.62. The molecule has 6 heteroatoms. The number of anilines is 1. The van der Waals surface area contributed by atoms with Gasteiger partial charge in [0.2, 0.25) is 0 Å². The highest BCUT2D eigenvalue weighted by Gasteiger charge is 2.25. The average molecular weight is 335 g/mol. The maximum Gasteiger partial charge on any atom is 0.287 e. The predicted octanol–water partition coefficient (Wildman–Crippen LogP) is 3.20. The Hall–Kier alpha value is -2.14. The van der Waals surface area contributed by atoms with Gasteiger partial charge in [-0.05, 0) is 48.2 Å². The van der Waals surface area contributed by atoms with Crippen molar-refractivity contribution in [2.24, 2.45) is 5.92 Å². The quantitative estimate of drug-likeness (QED) is 0.912. The van der Waals surface area contributed by atoms with Crippen LogP contribution < -0.4 is 15.0 Å². The summed E-state index contributed by atoms with van der Waals surface area (Å²) in [6.45, 7) is 2.45. The van der Waals surface area contributed by atoms with E-state index in [1.54, 1.807) is 19.2 Å². The Labute approximate surface area is 140 Å². The molecule has 0 bridgehead atoms. The summed E-state index contributed by atoms with van der Waals surface area (Å²) in [5, 5.41) is 3.13. The molecule has 1 aromatic heterocycles. The summed E-state index contributed by atoms with van der Waals surface area (Å²) in [7, 11) is 1.68. The lowest BCUT2D eigenvalue weighted by Crippen LogP contribution is -2.30. The number of benzene rings is 1. The number of amides is 1. The van der Waals surface area contributed by atoms with Gasteiger partial charge in [-0.3, -0.25) is 4.79 Å². The molecule has 122 valence electrons. The largest absolute Gasteiger partial charge is 0.495 e. The minimum Gasteiger partial charge on any atom is -0.495 e. The molecule has 0 saturated carbocycles. The number of para-hydroxylation sites is 2. The van der Waals surface area contributed by atoms with Crippen molar-refractivity contribution in [2.75, 3.05) is 31.6 Å². The standard InChI is InChI=1S/C17H19ClN2O3/c1-22-14-5-3-2-4-13(14)20-9-8-12(11-20)10-19-17(21)15-6-7-16(18)23-15/h2-7,12H,8-11H2,1H3,(H,19,21)/t12-/m1/s1. The van der Waals surface area contributed by atoms with E-state index in [-0.39, 0.29) is 16.9 Å². The van der Waals surface area contributed by atoms with Crippen molar-refractivity contribution in [3.05, 3.63) is 47.4 Å². The molecular formula is C17H19ClN2O3. The fraction of sp³-hybridized carbons (Fsp3) is 0.353. The average Bonchev–Trinajstić information content (AvgIpc) is 3.21. The van der Waals surface area contributed by atoms with E-state index in [0.29, 0.717) is 12.5 Å². The highest BCUT2D eigenvalue weighted by Crippen LogP contribution is 2.31. The third-order valence-electron chi connectivity index (χ3n) is 4.06. The van der Waals surface area contributed by atoms with Gasteiger partial charge in [0.05, 0.1) is 12.8 Å². The first-order valence-electron chi connectivity index (χ1n) is 7.59. The summed E-state index contributed by atoms with van der Waals surface area (Å²) in [6.07, 6.45) is 1.03. The number of hydrogen-bond acceptors (Lipinski definition) is 4. The number of ether oxygens (including phenoxy) is 1. The van der Waals surface area contributed by atoms with Crippen LogP contribution >= 0.6 is 11.6 Å². The number of rotatable bonds is 5. The second kappa shape index (κ2) is 6.96. The monoisotopic (exact) mass is 334 g/mol. The maximum atomic E-state index is 12.0. The minimum atomic E-state index is -0.229. The van der Waals surface area contributed by atoms with E-state index in [4.69, 9.17) is 20.8 Å². The number of nitrogens with one attached hydrogen (secondary N) is 1. The van der Waals surface area contributed by atoms with Crippen LogP contribution in [-0.4, -0.2) is 32.7 Å². The Morgan fingerprint density at radius 2 is 2.22 bits per heavy atom. The summed E-state index contributed by atoms with van der Waals surface area (Å²) in [6, 6.07) is 11.1. The van der Waals surface area contributed by atoms with Crippen LogP contribution in [0.3, 0.4) is 0 Å². The number of methoxy groups -OCH3 is 1. The normalized spacial score (nSPS) is 17.3. The SMILES string of the molecule is COc1ccccc1N1CC[C@H](CNC(=O)c2ccc(Cl)o2)C1. The molecule has 5 nitrogen and oxygen atoms in total. The third-order valence-corrected chi connectivity index (χ3v) is 4.26. The molecule has 3 rings (SSSR count). The molecule has 0 aliphatic carbocycles. The first-order chi connectivity index (χ1) is 11.2. The summed E-state index contributed by atoms with van der Waals surface area (Å²) in [5.41, 5.74) is 1.10. The molecule has 1 N–H and O–H groups in total. The topological polar surface area (TPSA) is 54.7 Å². The smallest absolute Gasteiger partial charge is 0.287 e. The summed E-state index contributed by atoms with van der Waals surface area (Å²) in [5.74, 6) is 1.29. The predicted molar refractivity (Wildman–Crippen MR) is 89.4 cm³/mol. The molecule has 23 heavy (non-hydrogen) atoms. The van der Waals surface area contributed by atoms with Gasteiger partial charge >= 0.3 is 0 Å². The second-order valence-electron chi connectivity index (χ2n) is 5.59. The zero-order valence-corrected chi connectivity index (χ0v) is 13.7. The summed E-state index contributed by atoms with van der Waals surface area (Å²) in [4.78, 5) is 14.3. The molecule has 0 unspecified atom stereocenters. The highest BCUT2D eigenvalue weighted by molar-refractivity contribution is 6.29. The molecule has 1 saturated heterocycles. The van der Waals surface area contributed by atoms with Crippen LogP contribution in [-0.2, 0) is 0 Å². The van der Waals surface area contributed by atoms with Crippen LogP contribution in [0.25, 0.3) is 0 Å². The lowest BCUT2D eigenvalue weighted by molar-refractivity contribution is 0.0920. The van der Waals surface area contributed by atoms with Crippen molar-refractivity contribution in [1.29, 1.82) is 0 Å². The van der Waals surface area contributed by atoms with Gasteiger partial charge < -0.3 is 19.4 Å². The van der Waals surface area contributed by atoms with Crippen molar-refractivity contribution >= 4 is 23.2 Å².